The number of ether oxygens (including phenoxy) is 1. The number of thioether (sulfide) groups is 1. The second-order valence-electron chi connectivity index (χ2n) is 7.85. The Morgan fingerprint density at radius 3 is 2.50 bits per heavy atom. The standard InChI is InChI=1S/C26H27N5O2S/c1-4-33-21-14-12-20(13-15-21)24-29-30-26(31(24)27)34-23(19-8-6-5-7-9-19)25(32)28-22-16-17(2)10-11-18(22)3/h5-16,23H,4,27H2,1-3H3,(H,28,32). The smallest absolute Gasteiger partial charge is 0.242 e. The van der Waals surface area contributed by atoms with E-state index in [1.807, 2.05) is 93.6 Å². The lowest BCUT2D eigenvalue weighted by Crippen LogP contribution is -2.21. The predicted octanol–water partition coefficient (Wildman–Crippen LogP) is 5.15. The summed E-state index contributed by atoms with van der Waals surface area (Å²) >= 11 is 1.26. The molecule has 0 saturated heterocycles. The molecule has 174 valence electrons. The van der Waals surface area contributed by atoms with Gasteiger partial charge in [-0.15, -0.1) is 10.2 Å². The molecule has 1 unspecified atom stereocenters. The van der Waals surface area contributed by atoms with Crippen LogP contribution in [0.2, 0.25) is 0 Å². The highest BCUT2D eigenvalue weighted by atomic mass is 32.2. The Hall–Kier alpha value is -3.78. The molecule has 0 radical (unpaired) electrons. The van der Waals surface area contributed by atoms with Gasteiger partial charge in [0.05, 0.1) is 6.61 Å². The number of nitrogen functional groups attached to an aromatic ring is 1. The highest BCUT2D eigenvalue weighted by molar-refractivity contribution is 8.00. The molecule has 0 bridgehead atoms. The lowest BCUT2D eigenvalue weighted by atomic mass is 10.1. The normalized spacial score (nSPS) is 11.7. The lowest BCUT2D eigenvalue weighted by molar-refractivity contribution is -0.115. The molecular formula is C26H27N5O2S. The molecular weight excluding hydrogens is 446 g/mol. The third-order valence-electron chi connectivity index (χ3n) is 5.30. The Bertz CT molecular complexity index is 1270. The van der Waals surface area contributed by atoms with Gasteiger partial charge in [0.1, 0.15) is 11.0 Å². The summed E-state index contributed by atoms with van der Waals surface area (Å²) in [5, 5.41) is 11.5. The van der Waals surface area contributed by atoms with E-state index in [0.29, 0.717) is 17.6 Å². The molecule has 0 aliphatic heterocycles. The van der Waals surface area contributed by atoms with Crippen molar-refractivity contribution in [3.8, 4) is 17.1 Å². The number of carbonyl (C=O) groups is 1. The molecule has 34 heavy (non-hydrogen) atoms. The maximum absolute atomic E-state index is 13.4. The van der Waals surface area contributed by atoms with Gasteiger partial charge in [-0.2, -0.15) is 0 Å². The number of hydrogen-bond donors (Lipinski definition) is 2. The second kappa shape index (κ2) is 10.4. The molecule has 8 heteroatoms. The van der Waals surface area contributed by atoms with Crippen molar-refractivity contribution >= 4 is 23.4 Å². The molecule has 7 nitrogen and oxygen atoms in total. The molecule has 0 spiro atoms. The van der Waals surface area contributed by atoms with Crippen LogP contribution in [0.5, 0.6) is 5.75 Å². The molecule has 1 heterocycles. The van der Waals surface area contributed by atoms with E-state index in [1.165, 1.54) is 16.4 Å². The van der Waals surface area contributed by atoms with Crippen molar-refractivity contribution in [2.45, 2.75) is 31.2 Å². The molecule has 4 rings (SSSR count). The fourth-order valence-corrected chi connectivity index (χ4v) is 4.45. The molecule has 0 saturated carbocycles. The van der Waals surface area contributed by atoms with Crippen molar-refractivity contribution in [1.82, 2.24) is 14.9 Å². The first kappa shape index (κ1) is 23.4. The molecule has 1 amide bonds. The molecule has 1 atom stereocenters. The van der Waals surface area contributed by atoms with Crippen LogP contribution >= 0.6 is 11.8 Å². The zero-order chi connectivity index (χ0) is 24.1. The van der Waals surface area contributed by atoms with Crippen molar-refractivity contribution in [1.29, 1.82) is 0 Å². The molecule has 0 aliphatic rings. The van der Waals surface area contributed by atoms with Crippen LogP contribution in [0.4, 0.5) is 5.69 Å². The van der Waals surface area contributed by atoms with Gasteiger partial charge in [0.15, 0.2) is 5.82 Å². The zero-order valence-electron chi connectivity index (χ0n) is 19.4. The number of amides is 1. The minimum atomic E-state index is -0.569. The fraction of sp³-hybridized carbons (Fsp3) is 0.192. The van der Waals surface area contributed by atoms with Crippen LogP contribution in [0, 0.1) is 13.8 Å². The maximum atomic E-state index is 13.4. The van der Waals surface area contributed by atoms with Crippen LogP contribution in [0.3, 0.4) is 0 Å². The number of aryl methyl sites for hydroxylation is 2. The predicted molar refractivity (Wildman–Crippen MR) is 136 cm³/mol. The monoisotopic (exact) mass is 473 g/mol. The Morgan fingerprint density at radius 2 is 1.79 bits per heavy atom. The van der Waals surface area contributed by atoms with E-state index in [9.17, 15) is 4.79 Å². The largest absolute Gasteiger partial charge is 0.494 e. The second-order valence-corrected chi connectivity index (χ2v) is 8.92. The Labute approximate surface area is 203 Å². The van der Waals surface area contributed by atoms with E-state index >= 15 is 0 Å². The van der Waals surface area contributed by atoms with Crippen LogP contribution in [-0.4, -0.2) is 27.4 Å². The maximum Gasteiger partial charge on any atom is 0.242 e. The number of carbonyl (C=O) groups excluding carboxylic acids is 1. The number of rotatable bonds is 8. The van der Waals surface area contributed by atoms with E-state index in [2.05, 4.69) is 15.5 Å². The van der Waals surface area contributed by atoms with Crippen molar-refractivity contribution < 1.29 is 9.53 Å². The van der Waals surface area contributed by atoms with Gasteiger partial charge >= 0.3 is 0 Å². The number of benzene rings is 3. The Morgan fingerprint density at radius 1 is 1.06 bits per heavy atom. The Balaban J connectivity index is 1.61. The summed E-state index contributed by atoms with van der Waals surface area (Å²) in [6, 6.07) is 23.1. The average molecular weight is 474 g/mol. The van der Waals surface area contributed by atoms with Crippen molar-refractivity contribution in [3.05, 3.63) is 89.5 Å². The van der Waals surface area contributed by atoms with Crippen molar-refractivity contribution in [3.63, 3.8) is 0 Å². The van der Waals surface area contributed by atoms with Gasteiger partial charge in [0.2, 0.25) is 11.1 Å². The van der Waals surface area contributed by atoms with Gasteiger partial charge in [-0.1, -0.05) is 54.2 Å². The fourth-order valence-electron chi connectivity index (χ4n) is 3.50. The van der Waals surface area contributed by atoms with Crippen molar-refractivity contribution in [2.24, 2.45) is 0 Å². The number of aromatic nitrogens is 3. The zero-order valence-corrected chi connectivity index (χ0v) is 20.2. The average Bonchev–Trinajstić information content (AvgIpc) is 3.21. The molecule has 3 N–H and O–H groups in total. The minimum Gasteiger partial charge on any atom is -0.494 e. The molecule has 0 aliphatic carbocycles. The summed E-state index contributed by atoms with van der Waals surface area (Å²) in [7, 11) is 0. The third-order valence-corrected chi connectivity index (χ3v) is 6.51. The van der Waals surface area contributed by atoms with E-state index in [-0.39, 0.29) is 5.91 Å². The summed E-state index contributed by atoms with van der Waals surface area (Å²) in [6.45, 7) is 6.50. The lowest BCUT2D eigenvalue weighted by Gasteiger charge is -2.17. The summed E-state index contributed by atoms with van der Waals surface area (Å²) in [5.74, 6) is 7.49. The molecule has 1 aromatic heterocycles. The number of nitrogens with one attached hydrogen (secondary N) is 1. The highest BCUT2D eigenvalue weighted by Gasteiger charge is 2.26. The number of hydrogen-bond acceptors (Lipinski definition) is 6. The highest BCUT2D eigenvalue weighted by Crippen LogP contribution is 2.36. The van der Waals surface area contributed by atoms with Gasteiger partial charge in [0.25, 0.3) is 0 Å². The van der Waals surface area contributed by atoms with E-state index < -0.39 is 5.25 Å². The van der Waals surface area contributed by atoms with Crippen LogP contribution < -0.4 is 15.9 Å². The van der Waals surface area contributed by atoms with Crippen LogP contribution in [0.25, 0.3) is 11.4 Å². The van der Waals surface area contributed by atoms with E-state index in [0.717, 1.165) is 33.7 Å². The number of nitrogens with zero attached hydrogens (tertiary/aromatic N) is 3. The summed E-state index contributed by atoms with van der Waals surface area (Å²) in [5.41, 5.74) is 4.51. The van der Waals surface area contributed by atoms with Crippen LogP contribution in [-0.2, 0) is 4.79 Å². The summed E-state index contributed by atoms with van der Waals surface area (Å²) in [6.07, 6.45) is 0. The van der Waals surface area contributed by atoms with Gasteiger partial charge in [-0.05, 0) is 67.8 Å². The summed E-state index contributed by atoms with van der Waals surface area (Å²) < 4.78 is 6.92. The van der Waals surface area contributed by atoms with Crippen LogP contribution in [0.15, 0.2) is 78.0 Å². The van der Waals surface area contributed by atoms with Gasteiger partial charge in [-0.25, -0.2) is 4.68 Å². The quantitative estimate of drug-likeness (QED) is 0.272. The number of anilines is 1. The minimum absolute atomic E-state index is 0.157. The number of nitrogens with two attached hydrogens (primary N) is 1. The van der Waals surface area contributed by atoms with Crippen LogP contribution in [0.1, 0.15) is 28.9 Å². The van der Waals surface area contributed by atoms with Gasteiger partial charge in [0, 0.05) is 11.3 Å². The topological polar surface area (TPSA) is 95.1 Å². The molecule has 3 aromatic carbocycles. The van der Waals surface area contributed by atoms with Gasteiger partial charge in [-0.3, -0.25) is 4.79 Å². The van der Waals surface area contributed by atoms with Crippen molar-refractivity contribution in [2.75, 3.05) is 17.8 Å². The SMILES string of the molecule is CCOc1ccc(-c2nnc(SC(C(=O)Nc3cc(C)ccc3C)c3ccccc3)n2N)cc1. The third kappa shape index (κ3) is 5.23. The summed E-state index contributed by atoms with van der Waals surface area (Å²) in [4.78, 5) is 13.4. The Kier molecular flexibility index (Phi) is 7.18. The first-order valence-corrected chi connectivity index (χ1v) is 11.9. The molecule has 4 aromatic rings. The first-order valence-electron chi connectivity index (χ1n) is 11.0. The van der Waals surface area contributed by atoms with E-state index in [4.69, 9.17) is 10.6 Å². The molecule has 0 fully saturated rings. The first-order chi connectivity index (χ1) is 16.5. The van der Waals surface area contributed by atoms with E-state index in [1.54, 1.807) is 0 Å². The van der Waals surface area contributed by atoms with Gasteiger partial charge < -0.3 is 15.9 Å².